The van der Waals surface area contributed by atoms with Crippen LogP contribution in [-0.2, 0) is 12.7 Å². The highest BCUT2D eigenvalue weighted by molar-refractivity contribution is 7.15. The first-order chi connectivity index (χ1) is 9.02. The molecule has 1 aromatic heterocycles. The van der Waals surface area contributed by atoms with Gasteiger partial charge in [-0.3, -0.25) is 0 Å². The monoisotopic (exact) mass is 286 g/mol. The topological polar surface area (TPSA) is 24.9 Å². The maximum atomic E-state index is 12.9. The third-order valence-electron chi connectivity index (χ3n) is 2.52. The second kappa shape index (κ2) is 5.71. The van der Waals surface area contributed by atoms with Crippen LogP contribution in [0.5, 0.6) is 0 Å². The Morgan fingerprint density at radius 1 is 1.21 bits per heavy atom. The predicted octanol–water partition coefficient (Wildman–Crippen LogP) is 3.94. The zero-order chi connectivity index (χ0) is 13.9. The van der Waals surface area contributed by atoms with Crippen LogP contribution in [0.25, 0.3) is 10.6 Å². The van der Waals surface area contributed by atoms with E-state index in [1.807, 2.05) is 13.0 Å². The van der Waals surface area contributed by atoms with Crippen molar-refractivity contribution >= 4 is 11.3 Å². The van der Waals surface area contributed by atoms with E-state index >= 15 is 0 Å². The van der Waals surface area contributed by atoms with E-state index in [0.29, 0.717) is 17.1 Å². The Kier molecular flexibility index (Phi) is 4.21. The van der Waals surface area contributed by atoms with E-state index in [0.717, 1.165) is 11.3 Å². The molecule has 2 aromatic rings. The van der Waals surface area contributed by atoms with Gasteiger partial charge in [0.1, 0.15) is 5.01 Å². The van der Waals surface area contributed by atoms with E-state index < -0.39 is 11.9 Å². The molecule has 0 aliphatic rings. The second-order valence-electron chi connectivity index (χ2n) is 3.93. The molecule has 0 saturated heterocycles. The summed E-state index contributed by atoms with van der Waals surface area (Å²) in [5, 5.41) is 3.32. The fourth-order valence-electron chi connectivity index (χ4n) is 1.64. The second-order valence-corrected chi connectivity index (χ2v) is 5.02. The minimum Gasteiger partial charge on any atom is -0.312 e. The van der Waals surface area contributed by atoms with Gasteiger partial charge in [-0.1, -0.05) is 37.3 Å². The number of hydrogen-bond acceptors (Lipinski definition) is 3. The summed E-state index contributed by atoms with van der Waals surface area (Å²) in [7, 11) is 0. The van der Waals surface area contributed by atoms with Crippen LogP contribution in [-0.4, -0.2) is 11.5 Å². The highest BCUT2D eigenvalue weighted by Gasteiger charge is 2.37. The Balaban J connectivity index is 2.40. The summed E-state index contributed by atoms with van der Waals surface area (Å²) < 4.78 is 38.8. The third-order valence-corrected chi connectivity index (χ3v) is 3.63. The molecular formula is C13H13F3N2S. The van der Waals surface area contributed by atoms with Crippen molar-refractivity contribution in [2.24, 2.45) is 0 Å². The lowest BCUT2D eigenvalue weighted by Gasteiger charge is -2.05. The first-order valence-corrected chi connectivity index (χ1v) is 6.67. The minimum absolute atomic E-state index is 0.190. The molecule has 0 unspecified atom stereocenters. The summed E-state index contributed by atoms with van der Waals surface area (Å²) in [4.78, 5) is 3.99. The van der Waals surface area contributed by atoms with E-state index in [2.05, 4.69) is 10.3 Å². The van der Waals surface area contributed by atoms with Crippen molar-refractivity contribution in [1.29, 1.82) is 0 Å². The van der Waals surface area contributed by atoms with Gasteiger partial charge in [-0.25, -0.2) is 4.98 Å². The quantitative estimate of drug-likeness (QED) is 0.921. The lowest BCUT2D eigenvalue weighted by Crippen LogP contribution is -2.15. The summed E-state index contributed by atoms with van der Waals surface area (Å²) in [6.45, 7) is 2.66. The largest absolute Gasteiger partial charge is 0.434 e. The first kappa shape index (κ1) is 14.0. The van der Waals surface area contributed by atoms with Crippen LogP contribution < -0.4 is 5.32 Å². The number of aromatic nitrogens is 1. The maximum absolute atomic E-state index is 12.9. The van der Waals surface area contributed by atoms with Crippen molar-refractivity contribution in [2.75, 3.05) is 6.54 Å². The normalized spacial score (nSPS) is 11.8. The van der Waals surface area contributed by atoms with E-state index in [9.17, 15) is 13.2 Å². The molecule has 0 amide bonds. The van der Waals surface area contributed by atoms with Crippen LogP contribution in [0.3, 0.4) is 0 Å². The van der Waals surface area contributed by atoms with E-state index in [-0.39, 0.29) is 11.4 Å². The molecule has 0 aliphatic heterocycles. The number of thiazole rings is 1. The Bertz CT molecular complexity index is 535. The van der Waals surface area contributed by atoms with Crippen LogP contribution in [0.15, 0.2) is 30.3 Å². The molecular weight excluding hydrogens is 273 g/mol. The fourth-order valence-corrected chi connectivity index (χ4v) is 2.69. The molecule has 2 nitrogen and oxygen atoms in total. The smallest absolute Gasteiger partial charge is 0.312 e. The SMILES string of the molecule is CCNCc1sc(-c2ccccc2)nc1C(F)(F)F. The van der Waals surface area contributed by atoms with Gasteiger partial charge in [0, 0.05) is 12.1 Å². The van der Waals surface area contributed by atoms with Crippen LogP contribution in [0.2, 0.25) is 0 Å². The highest BCUT2D eigenvalue weighted by atomic mass is 32.1. The number of benzene rings is 1. The Labute approximate surface area is 113 Å². The fraction of sp³-hybridized carbons (Fsp3) is 0.308. The molecule has 0 spiro atoms. The summed E-state index contributed by atoms with van der Waals surface area (Å²) in [6.07, 6.45) is -4.41. The number of halogens is 3. The zero-order valence-electron chi connectivity index (χ0n) is 10.3. The molecule has 102 valence electrons. The minimum atomic E-state index is -4.41. The van der Waals surface area contributed by atoms with Gasteiger partial charge in [-0.2, -0.15) is 13.2 Å². The molecule has 0 saturated carbocycles. The maximum Gasteiger partial charge on any atom is 0.434 e. The zero-order valence-corrected chi connectivity index (χ0v) is 11.1. The molecule has 1 aromatic carbocycles. The number of nitrogens with zero attached hydrogens (tertiary/aromatic N) is 1. The van der Waals surface area contributed by atoms with Crippen LogP contribution in [0, 0.1) is 0 Å². The molecule has 0 radical (unpaired) electrons. The van der Waals surface area contributed by atoms with Crippen LogP contribution >= 0.6 is 11.3 Å². The molecule has 0 fully saturated rings. The summed E-state index contributed by atoms with van der Waals surface area (Å²) in [5.41, 5.74) is -0.0712. The first-order valence-electron chi connectivity index (χ1n) is 5.85. The lowest BCUT2D eigenvalue weighted by molar-refractivity contribution is -0.141. The predicted molar refractivity (Wildman–Crippen MR) is 69.9 cm³/mol. The van der Waals surface area contributed by atoms with Crippen molar-refractivity contribution in [3.05, 3.63) is 40.9 Å². The van der Waals surface area contributed by atoms with Gasteiger partial charge < -0.3 is 5.32 Å². The summed E-state index contributed by atoms with van der Waals surface area (Å²) in [6, 6.07) is 8.91. The number of hydrogen-bond donors (Lipinski definition) is 1. The average molecular weight is 286 g/mol. The summed E-state index contributed by atoms with van der Waals surface area (Å²) >= 11 is 1.09. The average Bonchev–Trinajstić information content (AvgIpc) is 2.81. The van der Waals surface area contributed by atoms with Gasteiger partial charge in [0.2, 0.25) is 0 Å². The number of rotatable bonds is 4. The highest BCUT2D eigenvalue weighted by Crippen LogP contribution is 2.37. The Hall–Kier alpha value is -1.40. The summed E-state index contributed by atoms with van der Waals surface area (Å²) in [5.74, 6) is 0. The van der Waals surface area contributed by atoms with Gasteiger partial charge >= 0.3 is 6.18 Å². The van der Waals surface area contributed by atoms with Gasteiger partial charge in [-0.15, -0.1) is 11.3 Å². The van der Waals surface area contributed by atoms with E-state index in [4.69, 9.17) is 0 Å². The third kappa shape index (κ3) is 3.33. The molecule has 0 aliphatic carbocycles. The lowest BCUT2D eigenvalue weighted by atomic mass is 10.2. The van der Waals surface area contributed by atoms with Gasteiger partial charge in [-0.05, 0) is 6.54 Å². The van der Waals surface area contributed by atoms with E-state index in [1.54, 1.807) is 24.3 Å². The molecule has 6 heteroatoms. The van der Waals surface area contributed by atoms with Crippen molar-refractivity contribution in [2.45, 2.75) is 19.6 Å². The Morgan fingerprint density at radius 2 is 1.89 bits per heavy atom. The van der Waals surface area contributed by atoms with Crippen LogP contribution in [0.4, 0.5) is 13.2 Å². The number of alkyl halides is 3. The van der Waals surface area contributed by atoms with Gasteiger partial charge in [0.25, 0.3) is 0 Å². The molecule has 0 bridgehead atoms. The van der Waals surface area contributed by atoms with E-state index in [1.165, 1.54) is 0 Å². The molecule has 1 heterocycles. The van der Waals surface area contributed by atoms with Crippen molar-refractivity contribution in [1.82, 2.24) is 10.3 Å². The number of nitrogens with one attached hydrogen (secondary N) is 1. The van der Waals surface area contributed by atoms with Gasteiger partial charge in [0.05, 0.1) is 4.88 Å². The van der Waals surface area contributed by atoms with Crippen molar-refractivity contribution < 1.29 is 13.2 Å². The standard InChI is InChI=1S/C13H13F3N2S/c1-2-17-8-10-11(13(14,15)16)18-12(19-10)9-6-4-3-5-7-9/h3-7,17H,2,8H2,1H3. The van der Waals surface area contributed by atoms with Gasteiger partial charge in [0.15, 0.2) is 5.69 Å². The molecule has 2 rings (SSSR count). The van der Waals surface area contributed by atoms with Crippen molar-refractivity contribution in [3.63, 3.8) is 0 Å². The van der Waals surface area contributed by atoms with Crippen molar-refractivity contribution in [3.8, 4) is 10.6 Å². The molecule has 19 heavy (non-hydrogen) atoms. The van der Waals surface area contributed by atoms with Crippen LogP contribution in [0.1, 0.15) is 17.5 Å². The molecule has 1 N–H and O–H groups in total. The molecule has 0 atom stereocenters. The Morgan fingerprint density at radius 3 is 2.47 bits per heavy atom.